The van der Waals surface area contributed by atoms with Crippen molar-refractivity contribution in [2.24, 2.45) is 5.10 Å². The van der Waals surface area contributed by atoms with Crippen LogP contribution in [0.4, 0.5) is 11.4 Å². The van der Waals surface area contributed by atoms with Gasteiger partial charge < -0.3 is 9.84 Å². The van der Waals surface area contributed by atoms with E-state index >= 15 is 0 Å². The molecule has 2 aromatic carbocycles. The van der Waals surface area contributed by atoms with Crippen molar-refractivity contribution in [1.82, 2.24) is 4.31 Å². The van der Waals surface area contributed by atoms with Crippen LogP contribution >= 0.6 is 0 Å². The molecule has 1 fully saturated rings. The van der Waals surface area contributed by atoms with E-state index in [2.05, 4.69) is 10.5 Å². The second kappa shape index (κ2) is 9.20. The quantitative estimate of drug-likeness (QED) is 0.388. The summed E-state index contributed by atoms with van der Waals surface area (Å²) in [4.78, 5) is 10.8. The third-order valence-electron chi connectivity index (χ3n) is 4.62. The summed E-state index contributed by atoms with van der Waals surface area (Å²) in [6.07, 6.45) is 0.537. The van der Waals surface area contributed by atoms with Gasteiger partial charge in [-0.3, -0.25) is 15.5 Å². The number of rotatable bonds is 7. The molecule has 0 saturated carbocycles. The predicted octanol–water partition coefficient (Wildman–Crippen LogP) is 2.55. The first kappa shape index (κ1) is 21.7. The number of ether oxygens (including phenoxy) is 1. The molecule has 0 aliphatic carbocycles. The Labute approximate surface area is 174 Å². The number of nitro benzene ring substituents is 1. The maximum Gasteiger partial charge on any atom is 0.295 e. The molecule has 1 aliphatic heterocycles. The van der Waals surface area contributed by atoms with Crippen LogP contribution in [0.15, 0.2) is 52.5 Å². The maximum atomic E-state index is 12.8. The van der Waals surface area contributed by atoms with Crippen molar-refractivity contribution in [2.45, 2.75) is 18.2 Å². The van der Waals surface area contributed by atoms with Crippen LogP contribution in [0, 0.1) is 10.1 Å². The van der Waals surface area contributed by atoms with E-state index in [1.54, 1.807) is 12.1 Å². The van der Waals surface area contributed by atoms with Gasteiger partial charge in [-0.15, -0.1) is 0 Å². The first-order valence-corrected chi connectivity index (χ1v) is 10.7. The number of nitrogens with one attached hydrogen (secondary N) is 1. The normalized spacial score (nSPS) is 15.7. The fourth-order valence-corrected chi connectivity index (χ4v) is 4.41. The van der Waals surface area contributed by atoms with Crippen molar-refractivity contribution in [3.05, 3.63) is 58.1 Å². The minimum atomic E-state index is -3.86. The van der Waals surface area contributed by atoms with Crippen molar-refractivity contribution < 1.29 is 23.2 Å². The number of hydrogen-bond donors (Lipinski definition) is 2. The number of phenolic OH excluding ortho intramolecular Hbond substituents is 1. The van der Waals surface area contributed by atoms with Crippen LogP contribution < -0.4 is 5.43 Å². The number of sulfonamides is 1. The van der Waals surface area contributed by atoms with Crippen LogP contribution in [0.5, 0.6) is 5.75 Å². The molecule has 2 aromatic rings. The molecular formula is C19H22N4O6S. The van der Waals surface area contributed by atoms with Crippen LogP contribution in [0.25, 0.3) is 0 Å². The van der Waals surface area contributed by atoms with Crippen molar-refractivity contribution in [2.75, 3.05) is 31.7 Å². The maximum absolute atomic E-state index is 12.8. The largest absolute Gasteiger partial charge is 0.508 e. The zero-order valence-corrected chi connectivity index (χ0v) is 17.1. The summed E-state index contributed by atoms with van der Waals surface area (Å²) in [5.41, 5.74) is 3.72. The van der Waals surface area contributed by atoms with Crippen LogP contribution in [0.3, 0.4) is 0 Å². The number of phenols is 1. The molecule has 11 heteroatoms. The molecule has 0 aromatic heterocycles. The Balaban J connectivity index is 1.90. The van der Waals surface area contributed by atoms with Gasteiger partial charge in [-0.2, -0.15) is 9.41 Å². The lowest BCUT2D eigenvalue weighted by Crippen LogP contribution is -2.40. The summed E-state index contributed by atoms with van der Waals surface area (Å²) in [6.45, 7) is 2.85. The lowest BCUT2D eigenvalue weighted by atomic mass is 10.1. The zero-order valence-electron chi connectivity index (χ0n) is 16.3. The molecule has 0 unspecified atom stereocenters. The van der Waals surface area contributed by atoms with Gasteiger partial charge >= 0.3 is 0 Å². The molecular weight excluding hydrogens is 412 g/mol. The Morgan fingerprint density at radius 1 is 1.23 bits per heavy atom. The van der Waals surface area contributed by atoms with Crippen molar-refractivity contribution in [3.8, 4) is 5.75 Å². The van der Waals surface area contributed by atoms with Gasteiger partial charge in [-0.25, -0.2) is 8.42 Å². The molecule has 1 aliphatic rings. The van der Waals surface area contributed by atoms with E-state index in [-0.39, 0.29) is 42.6 Å². The molecule has 0 atom stereocenters. The van der Waals surface area contributed by atoms with E-state index in [4.69, 9.17) is 4.74 Å². The first-order valence-electron chi connectivity index (χ1n) is 9.31. The van der Waals surface area contributed by atoms with E-state index in [1.165, 1.54) is 28.6 Å². The number of benzene rings is 2. The summed E-state index contributed by atoms with van der Waals surface area (Å²) < 4.78 is 32.0. The van der Waals surface area contributed by atoms with Crippen molar-refractivity contribution in [1.29, 1.82) is 0 Å². The molecule has 0 spiro atoms. The van der Waals surface area contributed by atoms with Gasteiger partial charge in [0.05, 0.1) is 28.7 Å². The van der Waals surface area contributed by atoms with Crippen LogP contribution in [0.1, 0.15) is 18.9 Å². The molecule has 30 heavy (non-hydrogen) atoms. The molecule has 0 amide bonds. The average Bonchev–Trinajstić information content (AvgIpc) is 2.75. The molecule has 3 rings (SSSR count). The highest BCUT2D eigenvalue weighted by Crippen LogP contribution is 2.29. The van der Waals surface area contributed by atoms with Gasteiger partial charge in [-0.05, 0) is 48.4 Å². The number of hydrogen-bond acceptors (Lipinski definition) is 8. The highest BCUT2D eigenvalue weighted by molar-refractivity contribution is 7.89. The zero-order chi connectivity index (χ0) is 21.7. The highest BCUT2D eigenvalue weighted by Gasteiger charge is 2.28. The summed E-state index contributed by atoms with van der Waals surface area (Å²) in [5.74, 6) is 0.120. The number of aromatic hydroxyl groups is 1. The molecule has 2 N–H and O–H groups in total. The molecule has 1 saturated heterocycles. The average molecular weight is 434 g/mol. The Morgan fingerprint density at radius 3 is 2.50 bits per heavy atom. The van der Waals surface area contributed by atoms with Crippen LogP contribution in [-0.4, -0.2) is 54.8 Å². The highest BCUT2D eigenvalue weighted by atomic mass is 32.2. The van der Waals surface area contributed by atoms with E-state index in [0.29, 0.717) is 12.1 Å². The van der Waals surface area contributed by atoms with Crippen molar-refractivity contribution >= 4 is 27.1 Å². The molecule has 0 radical (unpaired) electrons. The summed E-state index contributed by atoms with van der Waals surface area (Å²) >= 11 is 0. The van der Waals surface area contributed by atoms with Gasteiger partial charge in [0.1, 0.15) is 11.4 Å². The second-order valence-electron chi connectivity index (χ2n) is 6.52. The summed E-state index contributed by atoms with van der Waals surface area (Å²) in [6, 6.07) is 10.1. The number of nitro groups is 1. The number of hydrazone groups is 1. The Hall–Kier alpha value is -3.02. The van der Waals surface area contributed by atoms with Gasteiger partial charge in [0.15, 0.2) is 0 Å². The topological polar surface area (TPSA) is 134 Å². The third-order valence-corrected chi connectivity index (χ3v) is 6.52. The van der Waals surface area contributed by atoms with E-state index in [1.807, 2.05) is 6.92 Å². The van der Waals surface area contributed by atoms with Crippen LogP contribution in [-0.2, 0) is 14.8 Å². The molecule has 0 bridgehead atoms. The minimum Gasteiger partial charge on any atom is -0.508 e. The first-order chi connectivity index (χ1) is 14.3. The Bertz CT molecular complexity index is 1050. The number of morpholine rings is 1. The standard InChI is InChI=1S/C19H22N4O6S/c1-2-17(14-3-5-15(24)6-4-14)20-21-18-8-7-16(13-19(18)23(25)26)30(27,28)22-9-11-29-12-10-22/h3-8,13,21,24H,2,9-12H2,1H3/b20-17+. The van der Waals surface area contributed by atoms with Gasteiger partial charge in [0.25, 0.3) is 5.69 Å². The third kappa shape index (κ3) is 4.75. The van der Waals surface area contributed by atoms with Gasteiger partial charge in [-0.1, -0.05) is 6.92 Å². The lowest BCUT2D eigenvalue weighted by molar-refractivity contribution is -0.384. The second-order valence-corrected chi connectivity index (χ2v) is 8.46. The lowest BCUT2D eigenvalue weighted by Gasteiger charge is -2.26. The monoisotopic (exact) mass is 434 g/mol. The van der Waals surface area contributed by atoms with Crippen LogP contribution in [0.2, 0.25) is 0 Å². The van der Waals surface area contributed by atoms with Crippen molar-refractivity contribution in [3.63, 3.8) is 0 Å². The summed E-state index contributed by atoms with van der Waals surface area (Å²) in [7, 11) is -3.86. The van der Waals surface area contributed by atoms with Gasteiger partial charge in [0.2, 0.25) is 10.0 Å². The SMILES string of the molecule is CC/C(=N\Nc1ccc(S(=O)(=O)N2CCOCC2)cc1[N+](=O)[O-])c1ccc(O)cc1. The fourth-order valence-electron chi connectivity index (χ4n) is 2.98. The number of anilines is 1. The van der Waals surface area contributed by atoms with E-state index in [9.17, 15) is 23.6 Å². The smallest absolute Gasteiger partial charge is 0.295 e. The van der Waals surface area contributed by atoms with E-state index in [0.717, 1.165) is 11.6 Å². The van der Waals surface area contributed by atoms with Gasteiger partial charge in [0, 0.05) is 19.2 Å². The fraction of sp³-hybridized carbons (Fsp3) is 0.316. The minimum absolute atomic E-state index is 0.0747. The molecule has 1 heterocycles. The molecule has 10 nitrogen and oxygen atoms in total. The predicted molar refractivity (Wildman–Crippen MR) is 111 cm³/mol. The number of nitrogens with zero attached hydrogens (tertiary/aromatic N) is 3. The summed E-state index contributed by atoms with van der Waals surface area (Å²) in [5, 5.41) is 25.2. The van der Waals surface area contributed by atoms with E-state index < -0.39 is 20.6 Å². The molecule has 160 valence electrons. The Morgan fingerprint density at radius 2 is 1.90 bits per heavy atom. The Kier molecular flexibility index (Phi) is 6.65.